The number of hydrogen-bond donors (Lipinski definition) is 1. The third kappa shape index (κ3) is 3.42. The normalized spacial score (nSPS) is 30.5. The van der Waals surface area contributed by atoms with Crippen LogP contribution in [0.4, 0.5) is 0 Å². The Kier molecular flexibility index (Phi) is 4.84. The predicted octanol–water partition coefficient (Wildman–Crippen LogP) is 4.17. The molecule has 0 spiro atoms. The number of hydrogen-bond acceptors (Lipinski definition) is 2. The van der Waals surface area contributed by atoms with Gasteiger partial charge in [0.05, 0.1) is 7.11 Å². The fourth-order valence-electron chi connectivity index (χ4n) is 4.59. The van der Waals surface area contributed by atoms with Gasteiger partial charge in [0.1, 0.15) is 5.75 Å². The standard InChI is InChI=1S/C19H29NO/c1-21-19-9-5-4-8-17(19)13-18(20)16-11-10-14-6-2-3-7-15(14)12-16/h4-5,8-9,14-16,18H,2-3,6-7,10-13,20H2,1H3. The highest BCUT2D eigenvalue weighted by atomic mass is 16.5. The van der Waals surface area contributed by atoms with Crippen molar-refractivity contribution < 1.29 is 4.74 Å². The summed E-state index contributed by atoms with van der Waals surface area (Å²) in [5, 5.41) is 0. The third-order valence-electron chi connectivity index (χ3n) is 5.83. The van der Waals surface area contributed by atoms with Crippen LogP contribution in [0, 0.1) is 17.8 Å². The third-order valence-corrected chi connectivity index (χ3v) is 5.83. The highest BCUT2D eigenvalue weighted by molar-refractivity contribution is 5.33. The lowest BCUT2D eigenvalue weighted by Crippen LogP contribution is -2.38. The van der Waals surface area contributed by atoms with Gasteiger partial charge >= 0.3 is 0 Å². The molecule has 4 unspecified atom stereocenters. The monoisotopic (exact) mass is 287 g/mol. The number of fused-ring (bicyclic) bond motifs is 1. The SMILES string of the molecule is COc1ccccc1CC(N)C1CCC2CCCCC2C1. The highest BCUT2D eigenvalue weighted by Crippen LogP contribution is 2.43. The van der Waals surface area contributed by atoms with E-state index in [-0.39, 0.29) is 6.04 Å². The van der Waals surface area contributed by atoms with Gasteiger partial charge in [0.25, 0.3) is 0 Å². The van der Waals surface area contributed by atoms with Crippen LogP contribution in [0.15, 0.2) is 24.3 Å². The van der Waals surface area contributed by atoms with Crippen molar-refractivity contribution in [3.05, 3.63) is 29.8 Å². The quantitative estimate of drug-likeness (QED) is 0.902. The van der Waals surface area contributed by atoms with Crippen molar-refractivity contribution in [3.63, 3.8) is 0 Å². The minimum Gasteiger partial charge on any atom is -0.496 e. The van der Waals surface area contributed by atoms with Gasteiger partial charge in [-0.25, -0.2) is 0 Å². The second kappa shape index (κ2) is 6.83. The average molecular weight is 287 g/mol. The molecule has 2 fully saturated rings. The summed E-state index contributed by atoms with van der Waals surface area (Å²) in [6.45, 7) is 0. The van der Waals surface area contributed by atoms with Crippen molar-refractivity contribution in [3.8, 4) is 5.75 Å². The number of para-hydroxylation sites is 1. The van der Waals surface area contributed by atoms with Crippen molar-refractivity contribution in [2.75, 3.05) is 7.11 Å². The largest absolute Gasteiger partial charge is 0.496 e. The summed E-state index contributed by atoms with van der Waals surface area (Å²) in [6.07, 6.45) is 10.9. The Balaban J connectivity index is 1.61. The van der Waals surface area contributed by atoms with Crippen molar-refractivity contribution >= 4 is 0 Å². The maximum Gasteiger partial charge on any atom is 0.122 e. The summed E-state index contributed by atoms with van der Waals surface area (Å²) in [4.78, 5) is 0. The number of benzene rings is 1. The summed E-state index contributed by atoms with van der Waals surface area (Å²) >= 11 is 0. The Hall–Kier alpha value is -1.02. The Bertz CT molecular complexity index is 459. The molecule has 0 aliphatic heterocycles. The summed E-state index contributed by atoms with van der Waals surface area (Å²) in [6, 6.07) is 8.60. The molecular weight excluding hydrogens is 258 g/mol. The topological polar surface area (TPSA) is 35.2 Å². The Morgan fingerprint density at radius 2 is 1.86 bits per heavy atom. The first-order valence-corrected chi connectivity index (χ1v) is 8.65. The summed E-state index contributed by atoms with van der Waals surface area (Å²) in [7, 11) is 1.75. The fourth-order valence-corrected chi connectivity index (χ4v) is 4.59. The molecule has 2 heteroatoms. The second-order valence-corrected chi connectivity index (χ2v) is 7.06. The van der Waals surface area contributed by atoms with E-state index in [4.69, 9.17) is 10.5 Å². The number of nitrogens with two attached hydrogens (primary N) is 1. The average Bonchev–Trinajstić information content (AvgIpc) is 2.55. The van der Waals surface area contributed by atoms with E-state index in [1.165, 1.54) is 50.5 Å². The predicted molar refractivity (Wildman–Crippen MR) is 87.5 cm³/mol. The van der Waals surface area contributed by atoms with Gasteiger partial charge in [-0.2, -0.15) is 0 Å². The molecule has 116 valence electrons. The van der Waals surface area contributed by atoms with Crippen LogP contribution >= 0.6 is 0 Å². The van der Waals surface area contributed by atoms with Gasteiger partial charge in [0, 0.05) is 6.04 Å². The van der Waals surface area contributed by atoms with Crippen molar-refractivity contribution in [1.29, 1.82) is 0 Å². The molecule has 1 aromatic carbocycles. The second-order valence-electron chi connectivity index (χ2n) is 7.06. The van der Waals surface area contributed by atoms with Crippen LogP contribution in [0.5, 0.6) is 5.75 Å². The Morgan fingerprint density at radius 3 is 2.67 bits per heavy atom. The zero-order valence-electron chi connectivity index (χ0n) is 13.3. The molecule has 0 aromatic heterocycles. The molecule has 3 rings (SSSR count). The van der Waals surface area contributed by atoms with Crippen LogP contribution in [-0.2, 0) is 6.42 Å². The van der Waals surface area contributed by atoms with Gasteiger partial charge in [-0.1, -0.05) is 43.9 Å². The van der Waals surface area contributed by atoms with Crippen molar-refractivity contribution in [2.24, 2.45) is 23.5 Å². The molecule has 0 bridgehead atoms. The number of methoxy groups -OCH3 is 1. The number of rotatable bonds is 4. The van der Waals surface area contributed by atoms with E-state index in [1.807, 2.05) is 12.1 Å². The first-order valence-electron chi connectivity index (χ1n) is 8.65. The molecule has 2 aliphatic rings. The molecule has 2 N–H and O–H groups in total. The zero-order valence-corrected chi connectivity index (χ0v) is 13.3. The lowest BCUT2D eigenvalue weighted by molar-refractivity contribution is 0.117. The molecule has 0 saturated heterocycles. The smallest absolute Gasteiger partial charge is 0.122 e. The highest BCUT2D eigenvalue weighted by Gasteiger charge is 2.34. The van der Waals surface area contributed by atoms with E-state index < -0.39 is 0 Å². The molecular formula is C19H29NO. The van der Waals surface area contributed by atoms with Crippen LogP contribution in [0.3, 0.4) is 0 Å². The fraction of sp³-hybridized carbons (Fsp3) is 0.684. The maximum atomic E-state index is 6.57. The molecule has 2 saturated carbocycles. The molecule has 4 atom stereocenters. The lowest BCUT2D eigenvalue weighted by atomic mass is 9.66. The van der Waals surface area contributed by atoms with Gasteiger partial charge in [-0.05, 0) is 55.1 Å². The molecule has 2 aliphatic carbocycles. The first kappa shape index (κ1) is 14.9. The van der Waals surface area contributed by atoms with Gasteiger partial charge in [-0.15, -0.1) is 0 Å². The molecule has 1 aromatic rings. The molecule has 21 heavy (non-hydrogen) atoms. The van der Waals surface area contributed by atoms with Crippen LogP contribution in [0.1, 0.15) is 50.5 Å². The van der Waals surface area contributed by atoms with Crippen LogP contribution in [0.2, 0.25) is 0 Å². The van der Waals surface area contributed by atoms with Gasteiger partial charge in [-0.3, -0.25) is 0 Å². The summed E-state index contributed by atoms with van der Waals surface area (Å²) in [5.74, 6) is 3.66. The van der Waals surface area contributed by atoms with E-state index in [0.29, 0.717) is 5.92 Å². The molecule has 0 radical (unpaired) electrons. The molecule has 2 nitrogen and oxygen atoms in total. The van der Waals surface area contributed by atoms with Gasteiger partial charge in [0.2, 0.25) is 0 Å². The van der Waals surface area contributed by atoms with E-state index in [9.17, 15) is 0 Å². The number of ether oxygens (including phenoxy) is 1. The van der Waals surface area contributed by atoms with E-state index in [2.05, 4.69) is 12.1 Å². The van der Waals surface area contributed by atoms with Crippen LogP contribution in [-0.4, -0.2) is 13.2 Å². The van der Waals surface area contributed by atoms with E-state index in [1.54, 1.807) is 7.11 Å². The molecule has 0 amide bonds. The van der Waals surface area contributed by atoms with Crippen molar-refractivity contribution in [1.82, 2.24) is 0 Å². The summed E-state index contributed by atoms with van der Waals surface area (Å²) < 4.78 is 5.46. The minimum atomic E-state index is 0.282. The maximum absolute atomic E-state index is 6.57. The van der Waals surface area contributed by atoms with E-state index in [0.717, 1.165) is 24.0 Å². The van der Waals surface area contributed by atoms with Gasteiger partial charge in [0.15, 0.2) is 0 Å². The van der Waals surface area contributed by atoms with Crippen LogP contribution < -0.4 is 10.5 Å². The van der Waals surface area contributed by atoms with E-state index >= 15 is 0 Å². The van der Waals surface area contributed by atoms with Crippen LogP contribution in [0.25, 0.3) is 0 Å². The lowest BCUT2D eigenvalue weighted by Gasteiger charge is -2.41. The van der Waals surface area contributed by atoms with Crippen molar-refractivity contribution in [2.45, 2.75) is 57.4 Å². The molecule has 0 heterocycles. The first-order chi connectivity index (χ1) is 10.3. The zero-order chi connectivity index (χ0) is 14.7. The minimum absolute atomic E-state index is 0.282. The summed E-state index contributed by atoms with van der Waals surface area (Å²) in [5.41, 5.74) is 7.83. The Morgan fingerprint density at radius 1 is 1.10 bits per heavy atom. The Labute approximate surface area is 129 Å². The van der Waals surface area contributed by atoms with Gasteiger partial charge < -0.3 is 10.5 Å².